The van der Waals surface area contributed by atoms with Crippen LogP contribution in [0.1, 0.15) is 51.8 Å². The second-order valence-corrected chi connectivity index (χ2v) is 14.4. The van der Waals surface area contributed by atoms with Gasteiger partial charge in [-0.25, -0.2) is 8.42 Å². The first-order valence-electron chi connectivity index (χ1n) is 14.4. The molecule has 0 fully saturated rings. The predicted octanol–water partition coefficient (Wildman–Crippen LogP) is 7.14. The Labute approximate surface area is 268 Å². The summed E-state index contributed by atoms with van der Waals surface area (Å²) in [6.07, 6.45) is 15.4. The van der Waals surface area contributed by atoms with Crippen LogP contribution in [0.3, 0.4) is 0 Å². The van der Waals surface area contributed by atoms with Gasteiger partial charge in [0, 0.05) is 27.3 Å². The number of aryl methyl sites for hydroxylation is 1. The number of fused-ring (bicyclic) bond motifs is 5. The van der Waals surface area contributed by atoms with E-state index in [1.807, 2.05) is 24.3 Å². The summed E-state index contributed by atoms with van der Waals surface area (Å²) in [6.45, 7) is 2.48. The highest BCUT2D eigenvalue weighted by atomic mass is 35.5. The molecule has 3 heterocycles. The van der Waals surface area contributed by atoms with Gasteiger partial charge in [-0.15, -0.1) is 23.7 Å². The van der Waals surface area contributed by atoms with E-state index in [0.29, 0.717) is 6.54 Å². The van der Waals surface area contributed by atoms with Gasteiger partial charge in [-0.3, -0.25) is 15.1 Å². The number of hydroxylamine groups is 2. The Hall–Kier alpha value is -3.69. The summed E-state index contributed by atoms with van der Waals surface area (Å²) >= 11 is 1.84. The SMILES string of the molecule is CC1=CC=C(c2ccc(C3=Cc4ccc5c(c4CC3)CCc3ccccc3-5)s2)CN1O.Cl.NC(=O)CC1C=CC=CS1(=O)=O. The summed E-state index contributed by atoms with van der Waals surface area (Å²) in [7, 11) is -3.29. The number of allylic oxidation sites excluding steroid dienone is 6. The van der Waals surface area contributed by atoms with Gasteiger partial charge in [0.2, 0.25) is 5.91 Å². The lowest BCUT2D eigenvalue weighted by atomic mass is 9.78. The molecule has 6 nitrogen and oxygen atoms in total. The van der Waals surface area contributed by atoms with Crippen LogP contribution in [-0.2, 0) is 33.9 Å². The number of carbonyl (C=O) groups is 1. The molecule has 2 aromatic carbocycles. The number of halogens is 1. The van der Waals surface area contributed by atoms with E-state index < -0.39 is 21.0 Å². The molecule has 1 amide bonds. The highest BCUT2D eigenvalue weighted by Crippen LogP contribution is 2.42. The first-order valence-corrected chi connectivity index (χ1v) is 16.9. The van der Waals surface area contributed by atoms with Crippen LogP contribution in [0.15, 0.2) is 90.0 Å². The molecule has 228 valence electrons. The van der Waals surface area contributed by atoms with Crippen LogP contribution >= 0.6 is 23.7 Å². The van der Waals surface area contributed by atoms with Gasteiger partial charge in [-0.1, -0.05) is 66.8 Å². The van der Waals surface area contributed by atoms with Crippen LogP contribution in [0.2, 0.25) is 0 Å². The van der Waals surface area contributed by atoms with Crippen molar-refractivity contribution in [2.75, 3.05) is 6.54 Å². The standard InChI is InChI=1S/C28H25NOS.C7H9NO3S.ClH/c1-18-6-7-22(17-29(18)30)28-15-14-27(31-28)21-10-11-24-20(16-21)9-13-25-23-5-3-2-4-19(23)8-12-26(24)25;8-7(9)5-6-3-1-2-4-12(6,10)11;/h2-7,9,13-16,30H,8,10-12,17H2,1H3;1-4,6H,5H2,(H2,8,9);1H. The number of nitrogens with zero attached hydrogens (tertiary/aromatic N) is 1. The predicted molar refractivity (Wildman–Crippen MR) is 182 cm³/mol. The molecule has 1 aromatic heterocycles. The second kappa shape index (κ2) is 13.1. The Morgan fingerprint density at radius 1 is 0.932 bits per heavy atom. The molecule has 2 aliphatic carbocycles. The Kier molecular flexibility index (Phi) is 9.46. The van der Waals surface area contributed by atoms with Crippen molar-refractivity contribution >= 4 is 56.7 Å². The maximum atomic E-state index is 11.2. The van der Waals surface area contributed by atoms with Crippen molar-refractivity contribution < 1.29 is 18.4 Å². The normalized spacial score (nSPS) is 19.1. The van der Waals surface area contributed by atoms with E-state index in [2.05, 4.69) is 60.7 Å². The lowest BCUT2D eigenvalue weighted by molar-refractivity contribution is -0.117. The number of primary amides is 1. The van der Waals surface area contributed by atoms with Gasteiger partial charge in [0.15, 0.2) is 9.84 Å². The van der Waals surface area contributed by atoms with Crippen LogP contribution in [0.4, 0.5) is 0 Å². The maximum absolute atomic E-state index is 11.2. The highest BCUT2D eigenvalue weighted by Gasteiger charge is 2.24. The van der Waals surface area contributed by atoms with Gasteiger partial charge in [0.05, 0.1) is 11.8 Å². The Morgan fingerprint density at radius 3 is 2.43 bits per heavy atom. The van der Waals surface area contributed by atoms with E-state index in [4.69, 9.17) is 5.73 Å². The number of amides is 1. The number of thiophene rings is 1. The van der Waals surface area contributed by atoms with Crippen LogP contribution in [0, 0.1) is 0 Å². The molecule has 0 spiro atoms. The number of carbonyl (C=O) groups excluding carboxylic acids is 1. The molecule has 3 aromatic rings. The summed E-state index contributed by atoms with van der Waals surface area (Å²) in [5.74, 6) is -0.608. The smallest absolute Gasteiger partial charge is 0.219 e. The average Bonchev–Trinajstić information content (AvgIpc) is 3.50. The molecule has 0 bridgehead atoms. The maximum Gasteiger partial charge on any atom is 0.219 e. The molecule has 0 radical (unpaired) electrons. The number of nitrogens with two attached hydrogens (primary N) is 1. The first kappa shape index (κ1) is 31.7. The topological polar surface area (TPSA) is 101 Å². The molecule has 2 aliphatic heterocycles. The third-order valence-corrected chi connectivity index (χ3v) is 11.4. The highest BCUT2D eigenvalue weighted by molar-refractivity contribution is 7.95. The van der Waals surface area contributed by atoms with Crippen LogP contribution in [-0.4, -0.2) is 36.4 Å². The fourth-order valence-electron chi connectivity index (χ4n) is 6.08. The molecular formula is C35H35ClN2O4S2. The number of rotatable bonds is 4. The van der Waals surface area contributed by atoms with Gasteiger partial charge >= 0.3 is 0 Å². The molecule has 1 atom stereocenters. The molecule has 44 heavy (non-hydrogen) atoms. The monoisotopic (exact) mass is 646 g/mol. The summed E-state index contributed by atoms with van der Waals surface area (Å²) < 4.78 is 22.3. The van der Waals surface area contributed by atoms with Gasteiger partial charge < -0.3 is 5.73 Å². The molecule has 0 saturated heterocycles. The van der Waals surface area contributed by atoms with Crippen molar-refractivity contribution in [2.24, 2.45) is 5.73 Å². The number of hydrogen-bond acceptors (Lipinski definition) is 6. The fourth-order valence-corrected chi connectivity index (χ4v) is 8.36. The largest absolute Gasteiger partial charge is 0.370 e. The van der Waals surface area contributed by atoms with E-state index in [9.17, 15) is 18.4 Å². The van der Waals surface area contributed by atoms with Crippen molar-refractivity contribution in [3.63, 3.8) is 0 Å². The van der Waals surface area contributed by atoms with Crippen LogP contribution in [0.5, 0.6) is 0 Å². The first-order chi connectivity index (χ1) is 20.7. The average molecular weight is 647 g/mol. The third kappa shape index (κ3) is 6.54. The Morgan fingerprint density at radius 2 is 1.68 bits per heavy atom. The summed E-state index contributed by atoms with van der Waals surface area (Å²) in [6, 6.07) is 18.0. The molecular weight excluding hydrogens is 612 g/mol. The van der Waals surface area contributed by atoms with Crippen molar-refractivity contribution in [3.8, 4) is 11.1 Å². The quantitative estimate of drug-likeness (QED) is 0.314. The summed E-state index contributed by atoms with van der Waals surface area (Å²) in [5.41, 5.74) is 17.2. The van der Waals surface area contributed by atoms with Crippen molar-refractivity contribution in [1.82, 2.24) is 5.06 Å². The third-order valence-electron chi connectivity index (χ3n) is 8.41. The number of benzene rings is 2. The zero-order valence-electron chi connectivity index (χ0n) is 24.4. The molecule has 1 unspecified atom stereocenters. The van der Waals surface area contributed by atoms with Gasteiger partial charge in [0.1, 0.15) is 0 Å². The zero-order chi connectivity index (χ0) is 30.1. The number of sulfone groups is 1. The minimum Gasteiger partial charge on any atom is -0.370 e. The molecule has 9 heteroatoms. The van der Waals surface area contributed by atoms with Crippen molar-refractivity contribution in [2.45, 2.75) is 44.3 Å². The molecule has 3 N–H and O–H groups in total. The lowest BCUT2D eigenvalue weighted by Gasteiger charge is -2.26. The Balaban J connectivity index is 0.000000252. The van der Waals surface area contributed by atoms with Crippen LogP contribution < -0.4 is 5.73 Å². The Bertz CT molecular complexity index is 1860. The van der Waals surface area contributed by atoms with E-state index in [1.165, 1.54) is 60.4 Å². The van der Waals surface area contributed by atoms with E-state index in [0.717, 1.165) is 36.8 Å². The summed E-state index contributed by atoms with van der Waals surface area (Å²) in [4.78, 5) is 13.0. The van der Waals surface area contributed by atoms with E-state index >= 15 is 0 Å². The molecule has 4 aliphatic rings. The second-order valence-electron chi connectivity index (χ2n) is 11.2. The summed E-state index contributed by atoms with van der Waals surface area (Å²) in [5, 5.41) is 11.7. The minimum absolute atomic E-state index is 0. The van der Waals surface area contributed by atoms with Crippen molar-refractivity contribution in [3.05, 3.63) is 122 Å². The van der Waals surface area contributed by atoms with E-state index in [1.54, 1.807) is 17.2 Å². The van der Waals surface area contributed by atoms with Gasteiger partial charge in [-0.05, 0) is 95.3 Å². The van der Waals surface area contributed by atoms with Crippen molar-refractivity contribution in [1.29, 1.82) is 0 Å². The lowest BCUT2D eigenvalue weighted by Crippen LogP contribution is -2.25. The van der Waals surface area contributed by atoms with Crippen LogP contribution in [0.25, 0.3) is 28.3 Å². The number of hydrogen-bond donors (Lipinski definition) is 2. The zero-order valence-corrected chi connectivity index (χ0v) is 26.9. The van der Waals surface area contributed by atoms with Gasteiger partial charge in [0.25, 0.3) is 0 Å². The minimum atomic E-state index is -3.29. The fraction of sp³-hybridized carbons (Fsp3) is 0.229. The van der Waals surface area contributed by atoms with E-state index in [-0.39, 0.29) is 18.8 Å². The van der Waals surface area contributed by atoms with Gasteiger partial charge in [-0.2, -0.15) is 0 Å². The molecule has 7 rings (SSSR count). The molecule has 0 saturated carbocycles.